The Hall–Kier alpha value is -0.820. The third kappa shape index (κ3) is 3.69. The zero-order chi connectivity index (χ0) is 15.6. The number of aliphatic hydroxyl groups excluding tert-OH is 1. The van der Waals surface area contributed by atoms with E-state index in [1.54, 1.807) is 0 Å². The lowest BCUT2D eigenvalue weighted by molar-refractivity contribution is 0.0904. The van der Waals surface area contributed by atoms with Gasteiger partial charge in [0.05, 0.1) is 6.10 Å². The lowest BCUT2D eigenvalue weighted by Crippen LogP contribution is -2.21. The van der Waals surface area contributed by atoms with Crippen LogP contribution in [0.5, 0.6) is 0 Å². The van der Waals surface area contributed by atoms with Crippen molar-refractivity contribution in [3.8, 4) is 0 Å². The maximum atomic E-state index is 10.7. The second kappa shape index (κ2) is 6.52. The van der Waals surface area contributed by atoms with Gasteiger partial charge in [0.25, 0.3) is 0 Å². The van der Waals surface area contributed by atoms with Gasteiger partial charge in [-0.1, -0.05) is 41.9 Å². The van der Waals surface area contributed by atoms with Gasteiger partial charge in [0.1, 0.15) is 0 Å². The third-order valence-corrected chi connectivity index (χ3v) is 5.65. The standard InChI is InChI=1S/C20H32O/c1-14(2)9-12-19(21)20(5)17-11-10-15(3)7-6-8-16(4)13-18(17)20/h7,9,13,17-19,21H,6,8,10-12H2,1-5H3/b15-7+,16-13+/t17-,18+,19?,20+/m0/s1. The van der Waals surface area contributed by atoms with Crippen LogP contribution in [0.15, 0.2) is 34.9 Å². The number of allylic oxidation sites excluding steroid dienone is 5. The Balaban J connectivity index is 2.14. The molecule has 0 radical (unpaired) electrons. The van der Waals surface area contributed by atoms with Crippen LogP contribution >= 0.6 is 0 Å². The highest BCUT2D eigenvalue weighted by atomic mass is 16.3. The molecule has 2 rings (SSSR count). The first-order chi connectivity index (χ1) is 9.85. The monoisotopic (exact) mass is 288 g/mol. The van der Waals surface area contributed by atoms with Gasteiger partial charge in [-0.3, -0.25) is 0 Å². The molecule has 1 nitrogen and oxygen atoms in total. The van der Waals surface area contributed by atoms with Crippen LogP contribution in [0, 0.1) is 17.3 Å². The van der Waals surface area contributed by atoms with Crippen molar-refractivity contribution < 1.29 is 5.11 Å². The van der Waals surface area contributed by atoms with Gasteiger partial charge in [-0.15, -0.1) is 0 Å². The predicted octanol–water partition coefficient (Wildman–Crippen LogP) is 5.42. The molecule has 0 spiro atoms. The van der Waals surface area contributed by atoms with Gasteiger partial charge in [0.2, 0.25) is 0 Å². The van der Waals surface area contributed by atoms with Gasteiger partial charge >= 0.3 is 0 Å². The minimum absolute atomic E-state index is 0.0812. The maximum Gasteiger partial charge on any atom is 0.0636 e. The van der Waals surface area contributed by atoms with Crippen molar-refractivity contribution in [2.45, 2.75) is 72.8 Å². The molecule has 2 aliphatic carbocycles. The van der Waals surface area contributed by atoms with Crippen molar-refractivity contribution in [2.24, 2.45) is 17.3 Å². The van der Waals surface area contributed by atoms with E-state index >= 15 is 0 Å². The van der Waals surface area contributed by atoms with Gasteiger partial charge in [0.15, 0.2) is 0 Å². The summed E-state index contributed by atoms with van der Waals surface area (Å²) in [6.07, 6.45) is 12.4. The van der Waals surface area contributed by atoms with E-state index in [0.29, 0.717) is 11.8 Å². The summed E-state index contributed by atoms with van der Waals surface area (Å²) < 4.78 is 0. The van der Waals surface area contributed by atoms with E-state index in [-0.39, 0.29) is 11.5 Å². The van der Waals surface area contributed by atoms with E-state index in [1.807, 2.05) is 0 Å². The number of hydrogen-bond acceptors (Lipinski definition) is 1. The largest absolute Gasteiger partial charge is 0.392 e. The van der Waals surface area contributed by atoms with E-state index in [0.717, 1.165) is 6.42 Å². The first kappa shape index (κ1) is 16.5. The van der Waals surface area contributed by atoms with Crippen molar-refractivity contribution in [2.75, 3.05) is 0 Å². The fourth-order valence-electron chi connectivity index (χ4n) is 3.94. The summed E-state index contributed by atoms with van der Waals surface area (Å²) >= 11 is 0. The fraction of sp³-hybridized carbons (Fsp3) is 0.700. The molecule has 1 unspecified atom stereocenters. The lowest BCUT2D eigenvalue weighted by Gasteiger charge is -2.19. The molecule has 0 heterocycles. The van der Waals surface area contributed by atoms with E-state index in [1.165, 1.54) is 42.4 Å². The average Bonchev–Trinajstić information content (AvgIpc) is 2.98. The van der Waals surface area contributed by atoms with Crippen LogP contribution in [-0.2, 0) is 0 Å². The molecule has 0 aliphatic heterocycles. The molecule has 1 heteroatoms. The SMILES string of the molecule is CC(C)=CCC(O)[C@@]1(C)[C@@H]2/C=C(\C)CC/C=C(\C)CC[C@@H]21. The van der Waals surface area contributed by atoms with Crippen molar-refractivity contribution in [1.29, 1.82) is 0 Å². The molecule has 0 bridgehead atoms. The summed E-state index contributed by atoms with van der Waals surface area (Å²) in [4.78, 5) is 0. The van der Waals surface area contributed by atoms with Crippen LogP contribution in [0.2, 0.25) is 0 Å². The smallest absolute Gasteiger partial charge is 0.0636 e. The Morgan fingerprint density at radius 2 is 2.05 bits per heavy atom. The molecular weight excluding hydrogens is 256 g/mol. The molecule has 1 fully saturated rings. The number of hydrogen-bond donors (Lipinski definition) is 1. The number of fused-ring (bicyclic) bond motifs is 1. The molecule has 0 aromatic heterocycles. The third-order valence-electron chi connectivity index (χ3n) is 5.65. The second-order valence-corrected chi connectivity index (χ2v) is 7.67. The quantitative estimate of drug-likeness (QED) is 0.687. The predicted molar refractivity (Wildman–Crippen MR) is 91.1 cm³/mol. The van der Waals surface area contributed by atoms with E-state index in [9.17, 15) is 5.11 Å². The number of aliphatic hydroxyl groups is 1. The Labute approximate surface area is 130 Å². The van der Waals surface area contributed by atoms with Crippen LogP contribution < -0.4 is 0 Å². The van der Waals surface area contributed by atoms with E-state index in [4.69, 9.17) is 0 Å². The molecule has 118 valence electrons. The normalized spacial score (nSPS) is 39.1. The van der Waals surface area contributed by atoms with Gasteiger partial charge < -0.3 is 5.11 Å². The molecule has 4 atom stereocenters. The lowest BCUT2D eigenvalue weighted by atomic mass is 9.92. The molecule has 21 heavy (non-hydrogen) atoms. The van der Waals surface area contributed by atoms with Crippen LogP contribution in [0.4, 0.5) is 0 Å². The van der Waals surface area contributed by atoms with Crippen LogP contribution in [0.25, 0.3) is 0 Å². The summed E-state index contributed by atoms with van der Waals surface area (Å²) in [5.41, 5.74) is 4.40. The van der Waals surface area contributed by atoms with Gasteiger partial charge in [0, 0.05) is 5.41 Å². The Morgan fingerprint density at radius 1 is 1.33 bits per heavy atom. The second-order valence-electron chi connectivity index (χ2n) is 7.67. The fourth-order valence-corrected chi connectivity index (χ4v) is 3.94. The molecule has 1 N–H and O–H groups in total. The van der Waals surface area contributed by atoms with Crippen LogP contribution in [0.1, 0.15) is 66.7 Å². The first-order valence-corrected chi connectivity index (χ1v) is 8.50. The summed E-state index contributed by atoms with van der Waals surface area (Å²) in [5.74, 6) is 1.22. The van der Waals surface area contributed by atoms with E-state index in [2.05, 4.69) is 52.8 Å². The van der Waals surface area contributed by atoms with Crippen molar-refractivity contribution in [3.05, 3.63) is 34.9 Å². The van der Waals surface area contributed by atoms with Gasteiger partial charge in [-0.25, -0.2) is 0 Å². The number of rotatable bonds is 3. The topological polar surface area (TPSA) is 20.2 Å². The summed E-state index contributed by atoms with van der Waals surface area (Å²) in [6, 6.07) is 0. The minimum atomic E-state index is -0.212. The highest BCUT2D eigenvalue weighted by molar-refractivity contribution is 5.23. The molecule has 0 amide bonds. The highest BCUT2D eigenvalue weighted by Crippen LogP contribution is 2.64. The van der Waals surface area contributed by atoms with Crippen LogP contribution in [0.3, 0.4) is 0 Å². The highest BCUT2D eigenvalue weighted by Gasteiger charge is 2.62. The zero-order valence-corrected chi connectivity index (χ0v) is 14.4. The first-order valence-electron chi connectivity index (χ1n) is 8.50. The van der Waals surface area contributed by atoms with Crippen molar-refractivity contribution in [1.82, 2.24) is 0 Å². The van der Waals surface area contributed by atoms with Gasteiger partial charge in [-0.05, 0) is 71.6 Å². The summed E-state index contributed by atoms with van der Waals surface area (Å²) in [5, 5.41) is 10.7. The maximum absolute atomic E-state index is 10.7. The van der Waals surface area contributed by atoms with E-state index < -0.39 is 0 Å². The minimum Gasteiger partial charge on any atom is -0.392 e. The zero-order valence-electron chi connectivity index (χ0n) is 14.4. The Morgan fingerprint density at radius 3 is 2.71 bits per heavy atom. The summed E-state index contributed by atoms with van der Waals surface area (Å²) in [6.45, 7) is 11.0. The Bertz CT molecular complexity index is 464. The summed E-state index contributed by atoms with van der Waals surface area (Å²) in [7, 11) is 0. The molecule has 0 saturated heterocycles. The van der Waals surface area contributed by atoms with Crippen molar-refractivity contribution >= 4 is 0 Å². The average molecular weight is 288 g/mol. The van der Waals surface area contributed by atoms with Gasteiger partial charge in [-0.2, -0.15) is 0 Å². The molecule has 1 saturated carbocycles. The molecule has 0 aromatic carbocycles. The molecular formula is C20H32O. The molecule has 2 aliphatic rings. The van der Waals surface area contributed by atoms with Crippen LogP contribution in [-0.4, -0.2) is 11.2 Å². The molecule has 0 aromatic rings. The van der Waals surface area contributed by atoms with Crippen molar-refractivity contribution in [3.63, 3.8) is 0 Å². The Kier molecular flexibility index (Phi) is 5.14.